The third-order valence-corrected chi connectivity index (χ3v) is 2.69. The third-order valence-electron chi connectivity index (χ3n) is 2.44. The molecule has 0 saturated carbocycles. The summed E-state index contributed by atoms with van der Waals surface area (Å²) >= 11 is 5.80. The molecule has 0 heterocycles. The average Bonchev–Trinajstić information content (AvgIpc) is 2.20. The summed E-state index contributed by atoms with van der Waals surface area (Å²) in [6, 6.07) is 8.32. The Morgan fingerprint density at radius 3 is 2.43 bits per heavy atom. The molecule has 0 bridgehead atoms. The van der Waals surface area contributed by atoms with Crippen LogP contribution in [0.2, 0.25) is 5.02 Å². The first kappa shape index (κ1) is 11.5. The maximum atomic E-state index is 5.80. The molecular weight excluding hydrogens is 196 g/mol. The van der Waals surface area contributed by atoms with Gasteiger partial charge in [0.1, 0.15) is 0 Å². The first-order valence-electron chi connectivity index (χ1n) is 4.78. The van der Waals surface area contributed by atoms with Crippen LogP contribution in [0, 0.1) is 0 Å². The first-order chi connectivity index (χ1) is 6.63. The van der Waals surface area contributed by atoms with E-state index in [0.29, 0.717) is 12.6 Å². The van der Waals surface area contributed by atoms with Gasteiger partial charge in [0, 0.05) is 24.2 Å². The molecule has 1 rings (SSSR count). The zero-order valence-electron chi connectivity index (χ0n) is 8.70. The summed E-state index contributed by atoms with van der Waals surface area (Å²) in [6.07, 6.45) is 0. The fourth-order valence-electron chi connectivity index (χ4n) is 1.21. The predicted octanol–water partition coefficient (Wildman–Crippen LogP) is 2.12. The Labute approximate surface area is 90.7 Å². The van der Waals surface area contributed by atoms with Crippen LogP contribution in [-0.2, 0) is 6.54 Å². The molecule has 0 aromatic heterocycles. The number of nitrogens with zero attached hydrogens (tertiary/aromatic N) is 1. The average molecular weight is 213 g/mol. The monoisotopic (exact) mass is 212 g/mol. The van der Waals surface area contributed by atoms with Crippen LogP contribution in [0.15, 0.2) is 24.3 Å². The lowest BCUT2D eigenvalue weighted by molar-refractivity contribution is 0.255. The Balaban J connectivity index is 2.56. The minimum atomic E-state index is 0.408. The summed E-state index contributed by atoms with van der Waals surface area (Å²) in [7, 11) is 2.08. The molecule has 0 aliphatic carbocycles. The molecular formula is C11H17ClN2. The van der Waals surface area contributed by atoms with Crippen molar-refractivity contribution in [2.75, 3.05) is 13.6 Å². The molecule has 3 heteroatoms. The lowest BCUT2D eigenvalue weighted by Crippen LogP contribution is -2.34. The maximum Gasteiger partial charge on any atom is 0.0406 e. The number of likely N-dealkylation sites (N-methyl/N-ethyl adjacent to an activating group) is 1. The van der Waals surface area contributed by atoms with Crippen molar-refractivity contribution in [1.82, 2.24) is 4.90 Å². The number of rotatable bonds is 4. The Morgan fingerprint density at radius 1 is 1.36 bits per heavy atom. The molecule has 0 fully saturated rings. The molecule has 78 valence electrons. The van der Waals surface area contributed by atoms with Crippen LogP contribution in [-0.4, -0.2) is 24.5 Å². The normalized spacial score (nSPS) is 13.2. The molecule has 0 saturated heterocycles. The van der Waals surface area contributed by atoms with Gasteiger partial charge in [0.25, 0.3) is 0 Å². The summed E-state index contributed by atoms with van der Waals surface area (Å²) in [5.74, 6) is 0. The lowest BCUT2D eigenvalue weighted by Gasteiger charge is -2.23. The minimum absolute atomic E-state index is 0.408. The van der Waals surface area contributed by atoms with Crippen molar-refractivity contribution in [2.45, 2.75) is 19.5 Å². The summed E-state index contributed by atoms with van der Waals surface area (Å²) in [5.41, 5.74) is 6.85. The zero-order chi connectivity index (χ0) is 10.6. The zero-order valence-corrected chi connectivity index (χ0v) is 9.46. The highest BCUT2D eigenvalue weighted by atomic mass is 35.5. The quantitative estimate of drug-likeness (QED) is 0.829. The van der Waals surface area contributed by atoms with Crippen LogP contribution >= 0.6 is 11.6 Å². The van der Waals surface area contributed by atoms with E-state index in [1.54, 1.807) is 0 Å². The third kappa shape index (κ3) is 3.29. The summed E-state index contributed by atoms with van der Waals surface area (Å²) in [5, 5.41) is 0.781. The minimum Gasteiger partial charge on any atom is -0.329 e. The molecule has 0 radical (unpaired) electrons. The topological polar surface area (TPSA) is 29.3 Å². The highest BCUT2D eigenvalue weighted by molar-refractivity contribution is 6.30. The van der Waals surface area contributed by atoms with E-state index in [9.17, 15) is 0 Å². The molecule has 2 N–H and O–H groups in total. The molecule has 0 aliphatic rings. The molecule has 1 aromatic carbocycles. The van der Waals surface area contributed by atoms with Crippen molar-refractivity contribution in [3.8, 4) is 0 Å². The maximum absolute atomic E-state index is 5.80. The number of hydrogen-bond donors (Lipinski definition) is 1. The van der Waals surface area contributed by atoms with E-state index in [1.165, 1.54) is 5.56 Å². The largest absolute Gasteiger partial charge is 0.329 e. The smallest absolute Gasteiger partial charge is 0.0406 e. The van der Waals surface area contributed by atoms with Crippen LogP contribution in [0.3, 0.4) is 0 Å². The van der Waals surface area contributed by atoms with Gasteiger partial charge in [-0.2, -0.15) is 0 Å². The van der Waals surface area contributed by atoms with Crippen molar-refractivity contribution in [1.29, 1.82) is 0 Å². The van der Waals surface area contributed by atoms with Gasteiger partial charge < -0.3 is 5.73 Å². The second-order valence-corrected chi connectivity index (χ2v) is 4.06. The molecule has 0 aliphatic heterocycles. The molecule has 1 aromatic rings. The van der Waals surface area contributed by atoms with Crippen molar-refractivity contribution < 1.29 is 0 Å². The Kier molecular flexibility index (Phi) is 4.39. The van der Waals surface area contributed by atoms with E-state index in [2.05, 4.69) is 18.9 Å². The fourth-order valence-corrected chi connectivity index (χ4v) is 1.34. The van der Waals surface area contributed by atoms with Crippen LogP contribution in [0.1, 0.15) is 12.5 Å². The van der Waals surface area contributed by atoms with Gasteiger partial charge in [0.05, 0.1) is 0 Å². The standard InChI is InChI=1S/C11H17ClN2/c1-9(7-13)14(2)8-10-3-5-11(12)6-4-10/h3-6,9H,7-8,13H2,1-2H3. The van der Waals surface area contributed by atoms with Crippen LogP contribution in [0.25, 0.3) is 0 Å². The second kappa shape index (κ2) is 5.35. The molecule has 2 nitrogen and oxygen atoms in total. The molecule has 1 atom stereocenters. The SMILES string of the molecule is CC(CN)N(C)Cc1ccc(Cl)cc1. The van der Waals surface area contributed by atoms with Crippen LogP contribution in [0.5, 0.6) is 0 Å². The number of hydrogen-bond acceptors (Lipinski definition) is 2. The van der Waals surface area contributed by atoms with Gasteiger partial charge in [-0.1, -0.05) is 23.7 Å². The highest BCUT2D eigenvalue weighted by Crippen LogP contribution is 2.11. The van der Waals surface area contributed by atoms with E-state index in [-0.39, 0.29) is 0 Å². The Bertz CT molecular complexity index is 271. The lowest BCUT2D eigenvalue weighted by atomic mass is 10.2. The van der Waals surface area contributed by atoms with Gasteiger partial charge in [0.15, 0.2) is 0 Å². The number of halogens is 1. The molecule has 14 heavy (non-hydrogen) atoms. The van der Waals surface area contributed by atoms with Gasteiger partial charge in [-0.15, -0.1) is 0 Å². The van der Waals surface area contributed by atoms with Gasteiger partial charge in [-0.05, 0) is 31.7 Å². The molecule has 1 unspecified atom stereocenters. The first-order valence-corrected chi connectivity index (χ1v) is 5.16. The predicted molar refractivity (Wildman–Crippen MR) is 61.4 cm³/mol. The van der Waals surface area contributed by atoms with Crippen LogP contribution < -0.4 is 5.73 Å². The van der Waals surface area contributed by atoms with Gasteiger partial charge >= 0.3 is 0 Å². The number of benzene rings is 1. The fraction of sp³-hybridized carbons (Fsp3) is 0.455. The van der Waals surface area contributed by atoms with Crippen molar-refractivity contribution in [3.63, 3.8) is 0 Å². The van der Waals surface area contributed by atoms with Crippen LogP contribution in [0.4, 0.5) is 0 Å². The molecule has 0 spiro atoms. The van der Waals surface area contributed by atoms with E-state index in [4.69, 9.17) is 17.3 Å². The van der Waals surface area contributed by atoms with E-state index < -0.39 is 0 Å². The van der Waals surface area contributed by atoms with E-state index in [1.807, 2.05) is 24.3 Å². The Hall–Kier alpha value is -0.570. The number of nitrogens with two attached hydrogens (primary N) is 1. The van der Waals surface area contributed by atoms with Gasteiger partial charge in [-0.25, -0.2) is 0 Å². The van der Waals surface area contributed by atoms with Crippen molar-refractivity contribution in [2.24, 2.45) is 5.73 Å². The van der Waals surface area contributed by atoms with Crippen molar-refractivity contribution in [3.05, 3.63) is 34.9 Å². The van der Waals surface area contributed by atoms with Crippen molar-refractivity contribution >= 4 is 11.6 Å². The summed E-state index contributed by atoms with van der Waals surface area (Å²) < 4.78 is 0. The van der Waals surface area contributed by atoms with E-state index in [0.717, 1.165) is 11.6 Å². The Morgan fingerprint density at radius 2 is 1.93 bits per heavy atom. The highest BCUT2D eigenvalue weighted by Gasteiger charge is 2.06. The molecule has 0 amide bonds. The second-order valence-electron chi connectivity index (χ2n) is 3.63. The summed E-state index contributed by atoms with van der Waals surface area (Å²) in [6.45, 7) is 3.72. The summed E-state index contributed by atoms with van der Waals surface area (Å²) in [4.78, 5) is 2.23. The van der Waals surface area contributed by atoms with Gasteiger partial charge in [-0.3, -0.25) is 4.90 Å². The van der Waals surface area contributed by atoms with Gasteiger partial charge in [0.2, 0.25) is 0 Å². The van der Waals surface area contributed by atoms with E-state index >= 15 is 0 Å².